The first-order valence-electron chi connectivity index (χ1n) is 5.64. The molecule has 0 amide bonds. The maximum atomic E-state index is 13.6. The number of morpholine rings is 1. The molecule has 1 fully saturated rings. The van der Waals surface area contributed by atoms with Crippen LogP contribution in [0.25, 0.3) is 0 Å². The Kier molecular flexibility index (Phi) is 4.20. The first-order chi connectivity index (χ1) is 8.16. The molecule has 17 heavy (non-hydrogen) atoms. The van der Waals surface area contributed by atoms with Crippen molar-refractivity contribution >= 4 is 17.3 Å². The quantitative estimate of drug-likeness (QED) is 0.896. The summed E-state index contributed by atoms with van der Waals surface area (Å²) in [5, 5.41) is 3.87. The van der Waals surface area contributed by atoms with E-state index in [9.17, 15) is 4.39 Å². The molecule has 0 spiro atoms. The van der Waals surface area contributed by atoms with Gasteiger partial charge < -0.3 is 15.0 Å². The fourth-order valence-corrected chi connectivity index (χ4v) is 2.11. The van der Waals surface area contributed by atoms with Gasteiger partial charge in [0.15, 0.2) is 0 Å². The fourth-order valence-electron chi connectivity index (χ4n) is 1.94. The first kappa shape index (κ1) is 12.6. The second-order valence-corrected chi connectivity index (χ2v) is 4.64. The second kappa shape index (κ2) is 5.67. The SMILES string of the molecule is CN(CC1COCCN1)c1cc(Cl)ccc1F. The third-order valence-electron chi connectivity index (χ3n) is 2.81. The van der Waals surface area contributed by atoms with Crippen LogP contribution in [0.3, 0.4) is 0 Å². The van der Waals surface area contributed by atoms with Crippen molar-refractivity contribution in [3.8, 4) is 0 Å². The molecule has 94 valence electrons. The summed E-state index contributed by atoms with van der Waals surface area (Å²) in [6.45, 7) is 2.94. The van der Waals surface area contributed by atoms with Crippen molar-refractivity contribution in [2.24, 2.45) is 0 Å². The summed E-state index contributed by atoms with van der Waals surface area (Å²) in [6.07, 6.45) is 0. The highest BCUT2D eigenvalue weighted by atomic mass is 35.5. The van der Waals surface area contributed by atoms with E-state index in [4.69, 9.17) is 16.3 Å². The average molecular weight is 259 g/mol. The zero-order valence-electron chi connectivity index (χ0n) is 9.75. The molecule has 0 radical (unpaired) electrons. The number of anilines is 1. The molecule has 1 heterocycles. The lowest BCUT2D eigenvalue weighted by molar-refractivity contribution is 0.0791. The lowest BCUT2D eigenvalue weighted by Crippen LogP contribution is -2.47. The summed E-state index contributed by atoms with van der Waals surface area (Å²) in [5.41, 5.74) is 0.518. The molecule has 2 rings (SSSR count). The minimum Gasteiger partial charge on any atom is -0.378 e. The highest BCUT2D eigenvalue weighted by molar-refractivity contribution is 6.30. The molecular weight excluding hydrogens is 243 g/mol. The van der Waals surface area contributed by atoms with Gasteiger partial charge in [0.1, 0.15) is 5.82 Å². The minimum absolute atomic E-state index is 0.229. The molecule has 1 saturated heterocycles. The summed E-state index contributed by atoms with van der Waals surface area (Å²) < 4.78 is 19.0. The highest BCUT2D eigenvalue weighted by Gasteiger charge is 2.17. The Morgan fingerprint density at radius 2 is 2.41 bits per heavy atom. The van der Waals surface area contributed by atoms with Crippen LogP contribution in [-0.2, 0) is 4.74 Å². The van der Waals surface area contributed by atoms with Crippen molar-refractivity contribution in [1.29, 1.82) is 0 Å². The standard InChI is InChI=1S/C12H16ClFN2O/c1-16(7-10-8-17-5-4-15-10)12-6-9(13)2-3-11(12)14/h2-3,6,10,15H,4-5,7-8H2,1H3. The van der Waals surface area contributed by atoms with E-state index in [1.54, 1.807) is 12.1 Å². The Hall–Kier alpha value is -0.840. The Morgan fingerprint density at radius 1 is 1.59 bits per heavy atom. The number of rotatable bonds is 3. The van der Waals surface area contributed by atoms with Crippen molar-refractivity contribution in [3.05, 3.63) is 29.0 Å². The van der Waals surface area contributed by atoms with Crippen LogP contribution in [0.1, 0.15) is 0 Å². The number of nitrogens with zero attached hydrogens (tertiary/aromatic N) is 1. The fraction of sp³-hybridized carbons (Fsp3) is 0.500. The van der Waals surface area contributed by atoms with Crippen LogP contribution in [0.15, 0.2) is 18.2 Å². The van der Waals surface area contributed by atoms with Crippen molar-refractivity contribution in [2.45, 2.75) is 6.04 Å². The van der Waals surface area contributed by atoms with Gasteiger partial charge in [-0.25, -0.2) is 4.39 Å². The topological polar surface area (TPSA) is 24.5 Å². The van der Waals surface area contributed by atoms with Gasteiger partial charge in [-0.1, -0.05) is 11.6 Å². The van der Waals surface area contributed by atoms with Gasteiger partial charge in [-0.2, -0.15) is 0 Å². The van der Waals surface area contributed by atoms with E-state index in [1.165, 1.54) is 6.07 Å². The Balaban J connectivity index is 2.02. The van der Waals surface area contributed by atoms with E-state index in [0.29, 0.717) is 23.9 Å². The Morgan fingerprint density at radius 3 is 3.12 bits per heavy atom. The molecule has 0 aliphatic carbocycles. The number of hydrogen-bond acceptors (Lipinski definition) is 3. The smallest absolute Gasteiger partial charge is 0.146 e. The summed E-state index contributed by atoms with van der Waals surface area (Å²) in [4.78, 5) is 1.85. The van der Waals surface area contributed by atoms with Crippen LogP contribution in [-0.4, -0.2) is 39.4 Å². The molecule has 1 aliphatic heterocycles. The maximum Gasteiger partial charge on any atom is 0.146 e. The summed E-state index contributed by atoms with van der Waals surface area (Å²) in [7, 11) is 1.85. The molecule has 5 heteroatoms. The molecule has 1 aromatic carbocycles. The monoisotopic (exact) mass is 258 g/mol. The van der Waals surface area contributed by atoms with E-state index >= 15 is 0 Å². The normalized spacial score (nSPS) is 20.3. The second-order valence-electron chi connectivity index (χ2n) is 4.20. The van der Waals surface area contributed by atoms with Crippen molar-refractivity contribution in [1.82, 2.24) is 5.32 Å². The number of nitrogens with one attached hydrogen (secondary N) is 1. The van der Waals surface area contributed by atoms with E-state index in [1.807, 2.05) is 11.9 Å². The minimum atomic E-state index is -0.256. The first-order valence-corrected chi connectivity index (χ1v) is 6.02. The molecule has 3 nitrogen and oxygen atoms in total. The highest BCUT2D eigenvalue weighted by Crippen LogP contribution is 2.22. The number of likely N-dealkylation sites (N-methyl/N-ethyl adjacent to an activating group) is 1. The van der Waals surface area contributed by atoms with E-state index < -0.39 is 0 Å². The van der Waals surface area contributed by atoms with Gasteiger partial charge in [0.05, 0.1) is 18.9 Å². The molecule has 1 atom stereocenters. The van der Waals surface area contributed by atoms with Crippen LogP contribution in [0, 0.1) is 5.82 Å². The van der Waals surface area contributed by atoms with Crippen molar-refractivity contribution < 1.29 is 9.13 Å². The third-order valence-corrected chi connectivity index (χ3v) is 3.05. The van der Waals surface area contributed by atoms with E-state index in [2.05, 4.69) is 5.32 Å². The zero-order valence-corrected chi connectivity index (χ0v) is 10.5. The van der Waals surface area contributed by atoms with Crippen LogP contribution >= 0.6 is 11.6 Å². The molecule has 0 aromatic heterocycles. The van der Waals surface area contributed by atoms with E-state index in [-0.39, 0.29) is 11.9 Å². The van der Waals surface area contributed by atoms with E-state index in [0.717, 1.165) is 13.2 Å². The lowest BCUT2D eigenvalue weighted by Gasteiger charge is -2.29. The Labute approximate surface area is 106 Å². The molecule has 1 unspecified atom stereocenters. The molecule has 1 N–H and O–H groups in total. The van der Waals surface area contributed by atoms with Gasteiger partial charge in [0.2, 0.25) is 0 Å². The van der Waals surface area contributed by atoms with Gasteiger partial charge in [0, 0.05) is 31.2 Å². The molecule has 0 saturated carbocycles. The maximum absolute atomic E-state index is 13.6. The summed E-state index contributed by atoms with van der Waals surface area (Å²) in [6, 6.07) is 4.81. The Bertz CT molecular complexity index is 383. The number of benzene rings is 1. The van der Waals surface area contributed by atoms with Crippen LogP contribution in [0.4, 0.5) is 10.1 Å². The van der Waals surface area contributed by atoms with Crippen LogP contribution < -0.4 is 10.2 Å². The van der Waals surface area contributed by atoms with Gasteiger partial charge >= 0.3 is 0 Å². The molecule has 1 aromatic rings. The number of ether oxygens (including phenoxy) is 1. The number of hydrogen-bond donors (Lipinski definition) is 1. The molecule has 1 aliphatic rings. The van der Waals surface area contributed by atoms with Gasteiger partial charge in [-0.3, -0.25) is 0 Å². The van der Waals surface area contributed by atoms with Crippen LogP contribution in [0.2, 0.25) is 5.02 Å². The lowest BCUT2D eigenvalue weighted by atomic mass is 10.2. The van der Waals surface area contributed by atoms with Crippen LogP contribution in [0.5, 0.6) is 0 Å². The third kappa shape index (κ3) is 3.31. The largest absolute Gasteiger partial charge is 0.378 e. The predicted molar refractivity (Wildman–Crippen MR) is 67.3 cm³/mol. The van der Waals surface area contributed by atoms with Crippen molar-refractivity contribution in [2.75, 3.05) is 38.3 Å². The van der Waals surface area contributed by atoms with Gasteiger partial charge in [-0.05, 0) is 18.2 Å². The summed E-state index contributed by atoms with van der Waals surface area (Å²) in [5.74, 6) is -0.256. The van der Waals surface area contributed by atoms with Gasteiger partial charge in [-0.15, -0.1) is 0 Å². The summed E-state index contributed by atoms with van der Waals surface area (Å²) >= 11 is 5.87. The zero-order chi connectivity index (χ0) is 12.3. The molecular formula is C12H16ClFN2O. The average Bonchev–Trinajstić information content (AvgIpc) is 2.33. The number of halogens is 2. The van der Waals surface area contributed by atoms with Crippen molar-refractivity contribution in [3.63, 3.8) is 0 Å². The molecule has 0 bridgehead atoms. The predicted octanol–water partition coefficient (Wildman–Crippen LogP) is 1.90. The van der Waals surface area contributed by atoms with Gasteiger partial charge in [0.25, 0.3) is 0 Å².